The number of hydrogen-bond acceptors (Lipinski definition) is 4. The van der Waals surface area contributed by atoms with Gasteiger partial charge in [0.25, 0.3) is 5.91 Å². The van der Waals surface area contributed by atoms with Gasteiger partial charge in [-0.2, -0.15) is 0 Å². The monoisotopic (exact) mass is 318 g/mol. The minimum atomic E-state index is -0.884. The van der Waals surface area contributed by atoms with Gasteiger partial charge in [0.15, 0.2) is 6.10 Å². The van der Waals surface area contributed by atoms with Crippen molar-refractivity contribution in [2.45, 2.75) is 39.3 Å². The summed E-state index contributed by atoms with van der Waals surface area (Å²) in [5, 5.41) is 2.73. The summed E-state index contributed by atoms with van der Waals surface area (Å²) in [5.41, 5.74) is 2.13. The van der Waals surface area contributed by atoms with Crippen LogP contribution < -0.4 is 5.32 Å². The minimum absolute atomic E-state index is 0.0431. The molecule has 1 aromatic rings. The smallest absolute Gasteiger partial charge is 0.326 e. The van der Waals surface area contributed by atoms with Crippen molar-refractivity contribution < 1.29 is 19.1 Å². The maximum atomic E-state index is 12.0. The SMILES string of the molecule is Cc1ccc(CNC(=O)[C@@H](C)OC(=O)CN2CCCC2=O)cc1. The lowest BCUT2D eigenvalue weighted by molar-refractivity contribution is -0.157. The van der Waals surface area contributed by atoms with Crippen LogP contribution in [-0.2, 0) is 25.7 Å². The second kappa shape index (κ2) is 7.76. The van der Waals surface area contributed by atoms with E-state index in [1.165, 1.54) is 11.8 Å². The van der Waals surface area contributed by atoms with Gasteiger partial charge in [0.05, 0.1) is 0 Å². The van der Waals surface area contributed by atoms with Gasteiger partial charge in [0.2, 0.25) is 5.91 Å². The Morgan fingerprint density at radius 2 is 2.00 bits per heavy atom. The fourth-order valence-electron chi connectivity index (χ4n) is 2.35. The predicted octanol–water partition coefficient (Wildman–Crippen LogP) is 1.17. The highest BCUT2D eigenvalue weighted by atomic mass is 16.5. The average Bonchev–Trinajstić information content (AvgIpc) is 2.91. The lowest BCUT2D eigenvalue weighted by Crippen LogP contribution is -2.38. The van der Waals surface area contributed by atoms with E-state index < -0.39 is 12.1 Å². The summed E-state index contributed by atoms with van der Waals surface area (Å²) in [6.45, 7) is 4.38. The molecule has 23 heavy (non-hydrogen) atoms. The number of carbonyl (C=O) groups is 3. The molecule has 0 unspecified atom stereocenters. The molecule has 6 heteroatoms. The van der Waals surface area contributed by atoms with Gasteiger partial charge in [0, 0.05) is 19.5 Å². The maximum Gasteiger partial charge on any atom is 0.326 e. The van der Waals surface area contributed by atoms with Crippen molar-refractivity contribution >= 4 is 17.8 Å². The lowest BCUT2D eigenvalue weighted by Gasteiger charge is -2.17. The van der Waals surface area contributed by atoms with Crippen molar-refractivity contribution in [3.05, 3.63) is 35.4 Å². The van der Waals surface area contributed by atoms with Crippen LogP contribution in [0.3, 0.4) is 0 Å². The Balaban J connectivity index is 1.74. The first-order chi connectivity index (χ1) is 11.0. The van der Waals surface area contributed by atoms with Crippen LogP contribution in [0.4, 0.5) is 0 Å². The number of rotatable bonds is 6. The Labute approximate surface area is 135 Å². The number of likely N-dealkylation sites (tertiary alicyclic amines) is 1. The first-order valence-corrected chi connectivity index (χ1v) is 7.76. The number of esters is 1. The van der Waals surface area contributed by atoms with E-state index in [9.17, 15) is 14.4 Å². The highest BCUT2D eigenvalue weighted by Gasteiger charge is 2.25. The Bertz CT molecular complexity index is 583. The number of nitrogens with zero attached hydrogens (tertiary/aromatic N) is 1. The number of carbonyl (C=O) groups excluding carboxylic acids is 3. The molecule has 2 amide bonds. The molecule has 1 fully saturated rings. The van der Waals surface area contributed by atoms with Crippen LogP contribution in [0.1, 0.15) is 30.9 Å². The molecule has 1 atom stereocenters. The summed E-state index contributed by atoms with van der Waals surface area (Å²) in [7, 11) is 0. The molecule has 1 aliphatic rings. The zero-order valence-corrected chi connectivity index (χ0v) is 13.5. The van der Waals surface area contributed by atoms with Gasteiger partial charge < -0.3 is 15.0 Å². The highest BCUT2D eigenvalue weighted by Crippen LogP contribution is 2.09. The van der Waals surface area contributed by atoms with Crippen molar-refractivity contribution in [1.29, 1.82) is 0 Å². The number of amides is 2. The molecule has 0 aromatic heterocycles. The predicted molar refractivity (Wildman–Crippen MR) is 84.4 cm³/mol. The molecule has 6 nitrogen and oxygen atoms in total. The van der Waals surface area contributed by atoms with Crippen molar-refractivity contribution in [1.82, 2.24) is 10.2 Å². The van der Waals surface area contributed by atoms with Gasteiger partial charge in [-0.25, -0.2) is 0 Å². The number of hydrogen-bond donors (Lipinski definition) is 1. The highest BCUT2D eigenvalue weighted by molar-refractivity contribution is 5.86. The van der Waals surface area contributed by atoms with E-state index in [2.05, 4.69) is 5.32 Å². The fourth-order valence-corrected chi connectivity index (χ4v) is 2.35. The molecular weight excluding hydrogens is 296 g/mol. The largest absolute Gasteiger partial charge is 0.451 e. The van der Waals surface area contributed by atoms with Crippen molar-refractivity contribution in [2.24, 2.45) is 0 Å². The van der Waals surface area contributed by atoms with Crippen LogP contribution in [0.25, 0.3) is 0 Å². The standard InChI is InChI=1S/C17H22N2O4/c1-12-5-7-14(8-6-12)10-18-17(22)13(2)23-16(21)11-19-9-3-4-15(19)20/h5-8,13H,3-4,9-11H2,1-2H3,(H,18,22)/t13-/m1/s1. The second-order valence-electron chi connectivity index (χ2n) is 5.75. The molecule has 1 saturated heterocycles. The molecule has 1 aromatic carbocycles. The Kier molecular flexibility index (Phi) is 5.73. The molecule has 0 radical (unpaired) electrons. The average molecular weight is 318 g/mol. The van der Waals surface area contributed by atoms with E-state index >= 15 is 0 Å². The van der Waals surface area contributed by atoms with E-state index in [4.69, 9.17) is 4.74 Å². The normalized spacial score (nSPS) is 15.4. The summed E-state index contributed by atoms with van der Waals surface area (Å²) >= 11 is 0. The number of ether oxygens (including phenoxy) is 1. The maximum absolute atomic E-state index is 12.0. The van der Waals surface area contributed by atoms with Gasteiger partial charge in [-0.3, -0.25) is 14.4 Å². The van der Waals surface area contributed by atoms with Gasteiger partial charge in [0.1, 0.15) is 6.54 Å². The third-order valence-corrected chi connectivity index (χ3v) is 3.76. The van der Waals surface area contributed by atoms with Gasteiger partial charge in [-0.05, 0) is 25.8 Å². The van der Waals surface area contributed by atoms with Gasteiger partial charge in [-0.15, -0.1) is 0 Å². The zero-order chi connectivity index (χ0) is 16.8. The quantitative estimate of drug-likeness (QED) is 0.799. The zero-order valence-electron chi connectivity index (χ0n) is 13.5. The molecule has 1 heterocycles. The summed E-state index contributed by atoms with van der Waals surface area (Å²) in [5.74, 6) is -0.955. The van der Waals surface area contributed by atoms with Crippen LogP contribution in [0.15, 0.2) is 24.3 Å². The van der Waals surface area contributed by atoms with E-state index in [-0.39, 0.29) is 18.4 Å². The lowest BCUT2D eigenvalue weighted by atomic mass is 10.1. The van der Waals surface area contributed by atoms with Crippen molar-refractivity contribution in [2.75, 3.05) is 13.1 Å². The minimum Gasteiger partial charge on any atom is -0.451 e. The Hall–Kier alpha value is -2.37. The molecule has 0 bridgehead atoms. The summed E-state index contributed by atoms with van der Waals surface area (Å²) in [6, 6.07) is 7.81. The van der Waals surface area contributed by atoms with Crippen LogP contribution in [0.2, 0.25) is 0 Å². The topological polar surface area (TPSA) is 75.7 Å². The van der Waals surface area contributed by atoms with Gasteiger partial charge in [-0.1, -0.05) is 29.8 Å². The molecule has 124 valence electrons. The molecule has 1 aliphatic heterocycles. The third-order valence-electron chi connectivity index (χ3n) is 3.76. The summed E-state index contributed by atoms with van der Waals surface area (Å²) in [6.07, 6.45) is 0.351. The summed E-state index contributed by atoms with van der Waals surface area (Å²) in [4.78, 5) is 36.6. The van der Waals surface area contributed by atoms with E-state index in [0.29, 0.717) is 19.5 Å². The Morgan fingerprint density at radius 3 is 2.61 bits per heavy atom. The second-order valence-corrected chi connectivity index (χ2v) is 5.75. The molecule has 0 aliphatic carbocycles. The van der Waals surface area contributed by atoms with E-state index in [0.717, 1.165) is 17.5 Å². The third kappa shape index (κ3) is 5.09. The van der Waals surface area contributed by atoms with Gasteiger partial charge >= 0.3 is 5.97 Å². The number of aryl methyl sites for hydroxylation is 1. The number of benzene rings is 1. The van der Waals surface area contributed by atoms with Crippen molar-refractivity contribution in [3.8, 4) is 0 Å². The first-order valence-electron chi connectivity index (χ1n) is 7.76. The summed E-state index contributed by atoms with van der Waals surface area (Å²) < 4.78 is 5.09. The first kappa shape index (κ1) is 17.0. The van der Waals surface area contributed by atoms with Crippen LogP contribution >= 0.6 is 0 Å². The van der Waals surface area contributed by atoms with Crippen LogP contribution in [0, 0.1) is 6.92 Å². The molecular formula is C17H22N2O4. The van der Waals surface area contributed by atoms with Crippen LogP contribution in [-0.4, -0.2) is 41.9 Å². The van der Waals surface area contributed by atoms with E-state index in [1.807, 2.05) is 31.2 Å². The molecule has 1 N–H and O–H groups in total. The molecule has 2 rings (SSSR count). The molecule has 0 saturated carbocycles. The van der Waals surface area contributed by atoms with E-state index in [1.54, 1.807) is 0 Å². The number of nitrogens with one attached hydrogen (secondary N) is 1. The Morgan fingerprint density at radius 1 is 1.30 bits per heavy atom. The molecule has 0 spiro atoms. The fraction of sp³-hybridized carbons (Fsp3) is 0.471. The van der Waals surface area contributed by atoms with Crippen LogP contribution in [0.5, 0.6) is 0 Å². The van der Waals surface area contributed by atoms with Crippen molar-refractivity contribution in [3.63, 3.8) is 0 Å².